The van der Waals surface area contributed by atoms with E-state index in [1.165, 1.54) is 23.4 Å². The summed E-state index contributed by atoms with van der Waals surface area (Å²) in [5, 5.41) is 15.5. The molecule has 1 aliphatic carbocycles. The number of pyridine rings is 1. The monoisotopic (exact) mass is 874 g/mol. The Morgan fingerprint density at radius 1 is 0.967 bits per heavy atom. The van der Waals surface area contributed by atoms with Crippen LogP contribution in [0.1, 0.15) is 40.8 Å². The number of aromatic nitrogens is 4. The van der Waals surface area contributed by atoms with E-state index >= 15 is 0 Å². The van der Waals surface area contributed by atoms with Gasteiger partial charge in [-0.2, -0.15) is 22.6 Å². The lowest BCUT2D eigenvalue weighted by Gasteiger charge is -2.32. The Morgan fingerprint density at radius 2 is 1.77 bits per heavy atom. The van der Waals surface area contributed by atoms with Crippen LogP contribution in [0.4, 0.5) is 13.2 Å². The van der Waals surface area contributed by atoms with Crippen LogP contribution in [0.5, 0.6) is 17.4 Å². The Hall–Kier alpha value is -5.22. The lowest BCUT2D eigenvalue weighted by atomic mass is 9.84. The molecule has 0 bridgehead atoms. The number of hydrogen-bond donors (Lipinski definition) is 1. The Labute approximate surface area is 360 Å². The van der Waals surface area contributed by atoms with E-state index in [1.54, 1.807) is 30.5 Å². The number of likely N-dealkylation sites (N-methyl/N-ethyl adjacent to an activating group) is 1. The summed E-state index contributed by atoms with van der Waals surface area (Å²) in [6.45, 7) is 5.75. The van der Waals surface area contributed by atoms with Crippen LogP contribution >= 0.6 is 23.1 Å². The molecule has 61 heavy (non-hydrogen) atoms. The van der Waals surface area contributed by atoms with Crippen molar-refractivity contribution in [3.8, 4) is 39.8 Å². The number of ether oxygens (including phenoxy) is 3. The number of aryl methyl sites for hydroxylation is 1. The number of fused-ring (bicyclic) bond motifs is 2. The average molecular weight is 875 g/mol. The maximum Gasteiger partial charge on any atom is 0.408 e. The second kappa shape index (κ2) is 18.4. The number of rotatable bonds is 15. The molecule has 1 saturated heterocycles. The zero-order valence-electron chi connectivity index (χ0n) is 33.9. The van der Waals surface area contributed by atoms with Gasteiger partial charge in [0.2, 0.25) is 12.0 Å². The molecule has 3 aromatic heterocycles. The minimum atomic E-state index is -4.46. The predicted molar refractivity (Wildman–Crippen MR) is 229 cm³/mol. The molecule has 16 heteroatoms. The number of benzene rings is 3. The molecule has 0 spiro atoms. The number of alkyl halides is 3. The highest BCUT2D eigenvalue weighted by Gasteiger charge is 2.31. The second-order valence-corrected chi connectivity index (χ2v) is 16.7. The number of halogens is 4. The molecule has 6 aromatic rings. The van der Waals surface area contributed by atoms with Gasteiger partial charge in [0.25, 0.3) is 0 Å². The van der Waals surface area contributed by atoms with Gasteiger partial charge in [-0.15, -0.1) is 0 Å². The molecule has 0 saturated carbocycles. The van der Waals surface area contributed by atoms with Crippen molar-refractivity contribution in [1.29, 1.82) is 0 Å². The zero-order chi connectivity index (χ0) is 42.7. The fraction of sp³-hybridized carbons (Fsp3) is 0.378. The largest absolute Gasteiger partial charge is 0.491 e. The van der Waals surface area contributed by atoms with Crippen LogP contribution in [0, 0.1) is 6.92 Å². The third-order valence-corrected chi connectivity index (χ3v) is 12.7. The Bertz CT molecular complexity index is 2520. The Balaban J connectivity index is 1.13. The SMILES string of the molecule is Cc1c(-c2c(-c3cccc4c3CCCC4)ncc3snc(O[C@H](Cc4ccccc4OCc4ccnn4CC(F)(F)F)C(=O)O)c23)ccc(OCCN2CCN(C)CC2)c1Cl. The number of carboxylic acid groups (broad SMARTS) is 1. The normalized spacial score (nSPS) is 15.4. The van der Waals surface area contributed by atoms with Crippen molar-refractivity contribution in [1.82, 2.24) is 28.9 Å². The maximum absolute atomic E-state index is 13.2. The van der Waals surface area contributed by atoms with Crippen LogP contribution in [0.2, 0.25) is 5.02 Å². The van der Waals surface area contributed by atoms with Crippen molar-refractivity contribution in [3.63, 3.8) is 0 Å². The molecule has 1 atom stereocenters. The van der Waals surface area contributed by atoms with E-state index in [9.17, 15) is 23.1 Å². The van der Waals surface area contributed by atoms with Crippen LogP contribution in [0.3, 0.4) is 0 Å². The Kier molecular flexibility index (Phi) is 12.8. The second-order valence-electron chi connectivity index (χ2n) is 15.5. The molecule has 1 N–H and O–H groups in total. The van der Waals surface area contributed by atoms with Gasteiger partial charge in [0, 0.05) is 62.7 Å². The van der Waals surface area contributed by atoms with Gasteiger partial charge in [0.05, 0.1) is 26.5 Å². The fourth-order valence-corrected chi connectivity index (χ4v) is 9.05. The lowest BCUT2D eigenvalue weighted by Crippen LogP contribution is -2.45. The molecule has 1 fully saturated rings. The van der Waals surface area contributed by atoms with E-state index in [1.807, 2.05) is 19.1 Å². The first-order chi connectivity index (χ1) is 29.4. The molecular weight excluding hydrogens is 829 g/mol. The third-order valence-electron chi connectivity index (χ3n) is 11.4. The summed E-state index contributed by atoms with van der Waals surface area (Å²) >= 11 is 8.30. The highest BCUT2D eigenvalue weighted by Crippen LogP contribution is 2.47. The van der Waals surface area contributed by atoms with Crippen molar-refractivity contribution < 1.29 is 37.3 Å². The minimum Gasteiger partial charge on any atom is -0.491 e. The number of para-hydroxylation sites is 1. The number of piperazine rings is 1. The molecule has 4 heterocycles. The molecule has 320 valence electrons. The van der Waals surface area contributed by atoms with E-state index < -0.39 is 24.8 Å². The standard InChI is InChI=1S/C45H46ClF3N6O5S/c1-28-32(14-15-36(41(28)46)58-23-22-54-20-18-53(2)19-21-54)39-40-38(25-50-42(39)34-12-7-10-29-8-3-5-11-33(29)34)61-52-43(40)60-37(44(56)57)24-30-9-4-6-13-35(30)59-26-31-16-17-51-55(31)27-45(47,48)49/h4,6-7,9-10,12-17,25,37H,3,5,8,11,18-24,26-27H2,1-2H3,(H,56,57)/t37-/m1/s1. The lowest BCUT2D eigenvalue weighted by molar-refractivity contribution is -0.145. The van der Waals surface area contributed by atoms with Gasteiger partial charge in [-0.3, -0.25) is 14.6 Å². The van der Waals surface area contributed by atoms with Gasteiger partial charge >= 0.3 is 12.1 Å². The summed E-state index contributed by atoms with van der Waals surface area (Å²) in [6.07, 6.45) is 1.08. The van der Waals surface area contributed by atoms with Crippen molar-refractivity contribution in [3.05, 3.63) is 106 Å². The molecule has 3 aromatic carbocycles. The topological polar surface area (TPSA) is 115 Å². The first-order valence-corrected chi connectivity index (χ1v) is 21.5. The summed E-state index contributed by atoms with van der Waals surface area (Å²) in [7, 11) is 2.13. The number of carboxylic acids is 1. The summed E-state index contributed by atoms with van der Waals surface area (Å²) in [4.78, 5) is 22.7. The number of carbonyl (C=O) groups is 1. The average Bonchev–Trinajstić information content (AvgIpc) is 3.87. The van der Waals surface area contributed by atoms with Crippen molar-refractivity contribution in [2.45, 2.75) is 64.5 Å². The predicted octanol–water partition coefficient (Wildman–Crippen LogP) is 8.90. The van der Waals surface area contributed by atoms with Crippen LogP contribution < -0.4 is 14.2 Å². The summed E-state index contributed by atoms with van der Waals surface area (Å²) < 4.78 is 64.3. The van der Waals surface area contributed by atoms with Crippen LogP contribution in [0.25, 0.3) is 32.5 Å². The zero-order valence-corrected chi connectivity index (χ0v) is 35.5. The van der Waals surface area contributed by atoms with Gasteiger partial charge < -0.3 is 24.2 Å². The smallest absolute Gasteiger partial charge is 0.408 e. The summed E-state index contributed by atoms with van der Waals surface area (Å²) in [5.74, 6) is -0.220. The highest BCUT2D eigenvalue weighted by molar-refractivity contribution is 7.13. The quantitative estimate of drug-likeness (QED) is 0.107. The van der Waals surface area contributed by atoms with E-state index in [-0.39, 0.29) is 24.6 Å². The minimum absolute atomic E-state index is 0.128. The van der Waals surface area contributed by atoms with E-state index in [2.05, 4.69) is 44.5 Å². The van der Waals surface area contributed by atoms with E-state index in [0.717, 1.165) is 103 Å². The van der Waals surface area contributed by atoms with Crippen molar-refractivity contribution in [2.24, 2.45) is 0 Å². The van der Waals surface area contributed by atoms with Crippen LogP contribution in [-0.2, 0) is 37.2 Å². The molecular formula is C45H46ClF3N6O5S. The van der Waals surface area contributed by atoms with Gasteiger partial charge in [0.15, 0.2) is 0 Å². The van der Waals surface area contributed by atoms with Crippen molar-refractivity contribution >= 4 is 39.2 Å². The molecule has 0 radical (unpaired) electrons. The first kappa shape index (κ1) is 42.5. The van der Waals surface area contributed by atoms with Gasteiger partial charge in [-0.25, -0.2) is 4.79 Å². The van der Waals surface area contributed by atoms with Gasteiger partial charge in [-0.05, 0) is 97.2 Å². The van der Waals surface area contributed by atoms with E-state index in [0.29, 0.717) is 38.8 Å². The van der Waals surface area contributed by atoms with Gasteiger partial charge in [-0.1, -0.05) is 54.1 Å². The summed E-state index contributed by atoms with van der Waals surface area (Å²) in [6, 6.07) is 18.4. The molecule has 0 unspecified atom stereocenters. The van der Waals surface area contributed by atoms with Crippen molar-refractivity contribution in [2.75, 3.05) is 46.4 Å². The van der Waals surface area contributed by atoms with E-state index in [4.69, 9.17) is 30.8 Å². The number of hydrogen-bond acceptors (Lipinski definition) is 10. The van der Waals surface area contributed by atoms with Crippen LogP contribution in [0.15, 0.2) is 73.1 Å². The highest BCUT2D eigenvalue weighted by atomic mass is 35.5. The summed E-state index contributed by atoms with van der Waals surface area (Å²) in [5.41, 5.74) is 7.22. The molecule has 1 aliphatic heterocycles. The maximum atomic E-state index is 13.2. The number of aliphatic carboxylic acids is 1. The first-order valence-electron chi connectivity index (χ1n) is 20.3. The fourth-order valence-electron chi connectivity index (χ4n) is 8.13. The third kappa shape index (κ3) is 9.65. The molecule has 8 rings (SSSR count). The van der Waals surface area contributed by atoms with Gasteiger partial charge in [0.1, 0.15) is 31.3 Å². The molecule has 2 aliphatic rings. The number of nitrogens with zero attached hydrogens (tertiary/aromatic N) is 6. The van der Waals surface area contributed by atoms with Crippen LogP contribution in [-0.4, -0.2) is 98.7 Å². The molecule has 11 nitrogen and oxygen atoms in total. The Morgan fingerprint density at radius 3 is 2.57 bits per heavy atom. The molecule has 0 amide bonds.